The van der Waals surface area contributed by atoms with E-state index >= 15 is 0 Å². The van der Waals surface area contributed by atoms with Gasteiger partial charge in [-0.15, -0.1) is 12.4 Å². The smallest absolute Gasteiger partial charge is 0.151 e. The molecule has 26 heavy (non-hydrogen) atoms. The fourth-order valence-electron chi connectivity index (χ4n) is 3.18. The Labute approximate surface area is 162 Å². The zero-order valence-corrected chi connectivity index (χ0v) is 16.2. The molecule has 0 saturated heterocycles. The van der Waals surface area contributed by atoms with E-state index in [-0.39, 0.29) is 18.2 Å². The van der Waals surface area contributed by atoms with Crippen molar-refractivity contribution in [1.29, 1.82) is 0 Å². The van der Waals surface area contributed by atoms with E-state index in [1.54, 1.807) is 0 Å². The Bertz CT molecular complexity index is 840. The van der Waals surface area contributed by atoms with Gasteiger partial charge in [-0.2, -0.15) is 0 Å². The Hall–Kier alpha value is -2.16. The number of rotatable bonds is 7. The molecular formula is C23H26ClNO. The second kappa shape index (κ2) is 9.51. The molecule has 0 heterocycles. The highest BCUT2D eigenvalue weighted by atomic mass is 35.5. The van der Waals surface area contributed by atoms with Crippen LogP contribution >= 0.6 is 12.4 Å². The van der Waals surface area contributed by atoms with Crippen molar-refractivity contribution in [2.45, 2.75) is 32.9 Å². The van der Waals surface area contributed by atoms with Gasteiger partial charge in [0.05, 0.1) is 6.54 Å². The Morgan fingerprint density at radius 3 is 2.27 bits per heavy atom. The van der Waals surface area contributed by atoms with Crippen LogP contribution in [0.25, 0.3) is 10.8 Å². The first-order valence-electron chi connectivity index (χ1n) is 8.90. The van der Waals surface area contributed by atoms with Crippen molar-refractivity contribution in [3.05, 3.63) is 83.9 Å². The third-order valence-electron chi connectivity index (χ3n) is 4.61. The molecule has 136 valence electrons. The van der Waals surface area contributed by atoms with Crippen LogP contribution in [0.3, 0.4) is 0 Å². The van der Waals surface area contributed by atoms with Crippen LogP contribution in [0.5, 0.6) is 0 Å². The summed E-state index contributed by atoms with van der Waals surface area (Å²) in [4.78, 5) is 15.0. The molecule has 0 N–H and O–H groups in total. The molecule has 3 aromatic rings. The first-order chi connectivity index (χ1) is 12.1. The second-order valence-corrected chi connectivity index (χ2v) is 6.84. The highest BCUT2D eigenvalue weighted by Gasteiger charge is 2.15. The monoisotopic (exact) mass is 367 g/mol. The van der Waals surface area contributed by atoms with Crippen molar-refractivity contribution < 1.29 is 4.79 Å². The summed E-state index contributed by atoms with van der Waals surface area (Å²) in [6.45, 7) is 5.58. The molecule has 0 saturated carbocycles. The number of ketones is 1. The van der Waals surface area contributed by atoms with Crippen LogP contribution in [-0.4, -0.2) is 23.3 Å². The minimum atomic E-state index is 0. The molecule has 0 bridgehead atoms. The fourth-order valence-corrected chi connectivity index (χ4v) is 3.18. The summed E-state index contributed by atoms with van der Waals surface area (Å²) < 4.78 is 0. The number of fused-ring (bicyclic) bond motifs is 1. The van der Waals surface area contributed by atoms with E-state index < -0.39 is 0 Å². The molecule has 2 nitrogen and oxygen atoms in total. The maximum absolute atomic E-state index is 12.7. The van der Waals surface area contributed by atoms with E-state index in [1.165, 1.54) is 16.3 Å². The molecule has 0 spiro atoms. The lowest BCUT2D eigenvalue weighted by atomic mass is 10.00. The lowest BCUT2D eigenvalue weighted by Crippen LogP contribution is -2.35. The van der Waals surface area contributed by atoms with Crippen LogP contribution < -0.4 is 0 Å². The summed E-state index contributed by atoms with van der Waals surface area (Å²) in [6, 6.07) is 25.1. The number of benzene rings is 3. The van der Waals surface area contributed by atoms with Crippen LogP contribution in [0.15, 0.2) is 72.8 Å². The predicted molar refractivity (Wildman–Crippen MR) is 112 cm³/mol. The number of hydrogen-bond donors (Lipinski definition) is 0. The average molecular weight is 368 g/mol. The van der Waals surface area contributed by atoms with Gasteiger partial charge < -0.3 is 0 Å². The molecule has 0 aromatic heterocycles. The second-order valence-electron chi connectivity index (χ2n) is 6.84. The molecular weight excluding hydrogens is 342 g/mol. The molecule has 0 radical (unpaired) electrons. The van der Waals surface area contributed by atoms with Crippen molar-refractivity contribution in [2.24, 2.45) is 0 Å². The van der Waals surface area contributed by atoms with E-state index in [4.69, 9.17) is 0 Å². The largest absolute Gasteiger partial charge is 0.298 e. The van der Waals surface area contributed by atoms with Crippen LogP contribution in [-0.2, 0) is 17.8 Å². The third-order valence-corrected chi connectivity index (χ3v) is 4.61. The molecule has 0 amide bonds. The van der Waals surface area contributed by atoms with E-state index in [9.17, 15) is 4.79 Å². The first-order valence-corrected chi connectivity index (χ1v) is 8.90. The maximum atomic E-state index is 12.7. The fraction of sp³-hybridized carbons (Fsp3) is 0.261. The van der Waals surface area contributed by atoms with Crippen molar-refractivity contribution in [2.75, 3.05) is 6.54 Å². The molecule has 0 aliphatic carbocycles. The Balaban J connectivity index is 0.00000243. The lowest BCUT2D eigenvalue weighted by Gasteiger charge is -2.26. The van der Waals surface area contributed by atoms with E-state index in [0.717, 1.165) is 12.1 Å². The number of carbonyl (C=O) groups excluding carboxylic acids is 1. The van der Waals surface area contributed by atoms with Gasteiger partial charge in [0.2, 0.25) is 0 Å². The van der Waals surface area contributed by atoms with Gasteiger partial charge in [-0.3, -0.25) is 9.69 Å². The van der Waals surface area contributed by atoms with Crippen molar-refractivity contribution >= 4 is 29.0 Å². The number of Topliss-reactive ketones (excluding diaryl/α,β-unsaturated/α-hetero) is 1. The first kappa shape index (κ1) is 20.2. The van der Waals surface area contributed by atoms with Gasteiger partial charge in [-0.1, -0.05) is 72.8 Å². The molecule has 0 aliphatic rings. The van der Waals surface area contributed by atoms with E-state index in [2.05, 4.69) is 55.1 Å². The highest BCUT2D eigenvalue weighted by molar-refractivity contribution is 5.91. The summed E-state index contributed by atoms with van der Waals surface area (Å²) in [5.74, 6) is 0.265. The summed E-state index contributed by atoms with van der Waals surface area (Å²) in [7, 11) is 0. The van der Waals surface area contributed by atoms with Gasteiger partial charge in [-0.05, 0) is 35.7 Å². The van der Waals surface area contributed by atoms with Crippen molar-refractivity contribution in [3.63, 3.8) is 0 Å². The van der Waals surface area contributed by atoms with Gasteiger partial charge in [0, 0.05) is 19.0 Å². The topological polar surface area (TPSA) is 20.3 Å². The molecule has 3 heteroatoms. The molecule has 3 rings (SSSR count). The van der Waals surface area contributed by atoms with Crippen molar-refractivity contribution in [3.8, 4) is 0 Å². The van der Waals surface area contributed by atoms with Gasteiger partial charge in [-0.25, -0.2) is 0 Å². The number of nitrogens with zero attached hydrogens (tertiary/aromatic N) is 1. The van der Waals surface area contributed by atoms with Gasteiger partial charge in [0.15, 0.2) is 5.78 Å². The Morgan fingerprint density at radius 1 is 0.885 bits per heavy atom. The van der Waals surface area contributed by atoms with Gasteiger partial charge in [0.25, 0.3) is 0 Å². The number of hydrogen-bond acceptors (Lipinski definition) is 2. The number of halogens is 1. The zero-order valence-electron chi connectivity index (χ0n) is 15.4. The minimum absolute atomic E-state index is 0. The van der Waals surface area contributed by atoms with Gasteiger partial charge >= 0.3 is 0 Å². The van der Waals surface area contributed by atoms with Crippen LogP contribution in [0.4, 0.5) is 0 Å². The quantitative estimate of drug-likeness (QED) is 0.566. The lowest BCUT2D eigenvalue weighted by molar-refractivity contribution is -0.120. The SMILES string of the molecule is CC(C)N(CC(=O)Cc1cccc2ccccc12)Cc1ccccc1.Cl. The van der Waals surface area contributed by atoms with E-state index in [1.807, 2.05) is 36.4 Å². The predicted octanol–water partition coefficient (Wildman–Crippen LogP) is 5.28. The van der Waals surface area contributed by atoms with E-state index in [0.29, 0.717) is 19.0 Å². The summed E-state index contributed by atoms with van der Waals surface area (Å²) >= 11 is 0. The summed E-state index contributed by atoms with van der Waals surface area (Å²) in [5.41, 5.74) is 2.36. The standard InChI is InChI=1S/C23H25NO.ClH/c1-18(2)24(16-19-9-4-3-5-10-19)17-22(25)15-21-13-8-12-20-11-6-7-14-23(20)21;/h3-14,18H,15-17H2,1-2H3;1H. The highest BCUT2D eigenvalue weighted by Crippen LogP contribution is 2.19. The average Bonchev–Trinajstić information content (AvgIpc) is 2.62. The molecule has 3 aromatic carbocycles. The number of carbonyl (C=O) groups is 1. The van der Waals surface area contributed by atoms with Crippen LogP contribution in [0, 0.1) is 0 Å². The van der Waals surface area contributed by atoms with Crippen LogP contribution in [0.1, 0.15) is 25.0 Å². The molecule has 0 fully saturated rings. The molecule has 0 aliphatic heterocycles. The molecule has 0 unspecified atom stereocenters. The summed E-state index contributed by atoms with van der Waals surface area (Å²) in [6.07, 6.45) is 0.485. The van der Waals surface area contributed by atoms with Crippen LogP contribution in [0.2, 0.25) is 0 Å². The normalized spacial score (nSPS) is 10.9. The Kier molecular flexibility index (Phi) is 7.38. The Morgan fingerprint density at radius 2 is 1.54 bits per heavy atom. The van der Waals surface area contributed by atoms with Gasteiger partial charge in [0.1, 0.15) is 0 Å². The third kappa shape index (κ3) is 5.17. The zero-order chi connectivity index (χ0) is 17.6. The molecule has 0 atom stereocenters. The minimum Gasteiger partial charge on any atom is -0.298 e. The van der Waals surface area contributed by atoms with Crippen molar-refractivity contribution in [1.82, 2.24) is 4.90 Å². The summed E-state index contributed by atoms with van der Waals surface area (Å²) in [5, 5.41) is 2.37. The maximum Gasteiger partial charge on any atom is 0.151 e.